The smallest absolute Gasteiger partial charge is 0.152 e. The highest BCUT2D eigenvalue weighted by molar-refractivity contribution is 8.00. The molecule has 1 aromatic rings. The number of carbonyl (C=O) groups excluding carboxylic acids is 1. The summed E-state index contributed by atoms with van der Waals surface area (Å²) in [6.07, 6.45) is 2.26. The minimum Gasteiger partial charge on any atom is -0.366 e. The summed E-state index contributed by atoms with van der Waals surface area (Å²) in [5.41, 5.74) is 1.95. The van der Waals surface area contributed by atoms with Crippen LogP contribution in [0.3, 0.4) is 0 Å². The van der Waals surface area contributed by atoms with E-state index in [4.69, 9.17) is 0 Å². The highest BCUT2D eigenvalue weighted by Gasteiger charge is 2.38. The molecule has 1 aromatic carbocycles. The van der Waals surface area contributed by atoms with Crippen molar-refractivity contribution >= 4 is 23.7 Å². The topological polar surface area (TPSA) is 20.3 Å². The molecule has 2 fully saturated rings. The van der Waals surface area contributed by atoms with Crippen LogP contribution in [0.2, 0.25) is 0 Å². The third-order valence-corrected chi connectivity index (χ3v) is 4.66. The van der Waals surface area contributed by atoms with Gasteiger partial charge in [-0.2, -0.15) is 11.8 Å². The van der Waals surface area contributed by atoms with Crippen molar-refractivity contribution in [2.75, 3.05) is 17.2 Å². The fraction of sp³-hybridized carbons (Fsp3) is 0.417. The summed E-state index contributed by atoms with van der Waals surface area (Å²) in [5, 5.41) is 0.787. The number of carbonyl (C=O) groups is 1. The Balaban J connectivity index is 1.96. The fourth-order valence-electron chi connectivity index (χ4n) is 2.54. The van der Waals surface area contributed by atoms with Crippen LogP contribution in [0.25, 0.3) is 0 Å². The van der Waals surface area contributed by atoms with Crippen LogP contribution in [0, 0.1) is 0 Å². The van der Waals surface area contributed by atoms with Gasteiger partial charge in [-0.3, -0.25) is 4.79 Å². The minimum atomic E-state index is 0.654. The monoisotopic (exact) mass is 219 g/mol. The molecule has 2 aliphatic rings. The van der Waals surface area contributed by atoms with Crippen molar-refractivity contribution < 1.29 is 4.79 Å². The Labute approximate surface area is 93.7 Å². The molecule has 78 valence electrons. The van der Waals surface area contributed by atoms with E-state index in [-0.39, 0.29) is 0 Å². The number of rotatable bonds is 2. The number of benzene rings is 1. The van der Waals surface area contributed by atoms with Gasteiger partial charge in [-0.1, -0.05) is 12.1 Å². The average molecular weight is 219 g/mol. The number of hydrogen-bond donors (Lipinski definition) is 0. The summed E-state index contributed by atoms with van der Waals surface area (Å²) in [4.78, 5) is 13.4. The van der Waals surface area contributed by atoms with Crippen LogP contribution in [0.1, 0.15) is 16.8 Å². The quantitative estimate of drug-likeness (QED) is 0.711. The van der Waals surface area contributed by atoms with Crippen LogP contribution >= 0.6 is 11.8 Å². The molecule has 2 nitrogen and oxygen atoms in total. The zero-order valence-electron chi connectivity index (χ0n) is 8.43. The molecule has 15 heavy (non-hydrogen) atoms. The van der Waals surface area contributed by atoms with Crippen molar-refractivity contribution in [3.63, 3.8) is 0 Å². The summed E-state index contributed by atoms with van der Waals surface area (Å²) >= 11 is 2.07. The van der Waals surface area contributed by atoms with Crippen molar-refractivity contribution in [2.45, 2.75) is 17.7 Å². The summed E-state index contributed by atoms with van der Waals surface area (Å²) in [5.74, 6) is 1.22. The number of anilines is 1. The lowest BCUT2D eigenvalue weighted by atomic mass is 10.1. The van der Waals surface area contributed by atoms with E-state index < -0.39 is 0 Å². The number of fused-ring (bicyclic) bond motifs is 2. The lowest BCUT2D eigenvalue weighted by Crippen LogP contribution is -2.34. The second-order valence-corrected chi connectivity index (χ2v) is 5.51. The lowest BCUT2D eigenvalue weighted by Gasteiger charge is -2.29. The van der Waals surface area contributed by atoms with Gasteiger partial charge in [0.1, 0.15) is 0 Å². The van der Waals surface area contributed by atoms with Gasteiger partial charge in [-0.15, -0.1) is 0 Å². The Morgan fingerprint density at radius 3 is 2.93 bits per heavy atom. The van der Waals surface area contributed by atoms with E-state index >= 15 is 0 Å². The Morgan fingerprint density at radius 2 is 2.27 bits per heavy atom. The predicted molar refractivity (Wildman–Crippen MR) is 63.8 cm³/mol. The number of aldehydes is 1. The Bertz CT molecular complexity index is 393. The molecule has 0 aliphatic carbocycles. The van der Waals surface area contributed by atoms with Crippen molar-refractivity contribution in [3.8, 4) is 0 Å². The van der Waals surface area contributed by atoms with E-state index in [1.165, 1.54) is 12.2 Å². The van der Waals surface area contributed by atoms with Gasteiger partial charge in [-0.05, 0) is 18.6 Å². The van der Waals surface area contributed by atoms with Gasteiger partial charge in [0.05, 0.1) is 0 Å². The zero-order chi connectivity index (χ0) is 10.3. The van der Waals surface area contributed by atoms with E-state index in [1.54, 1.807) is 0 Å². The zero-order valence-corrected chi connectivity index (χ0v) is 9.24. The molecule has 2 atom stereocenters. The fourth-order valence-corrected chi connectivity index (χ4v) is 3.98. The SMILES string of the molecule is O=Cc1ccccc1N1CC2CC1CS2. The van der Waals surface area contributed by atoms with E-state index in [0.717, 1.165) is 29.3 Å². The lowest BCUT2D eigenvalue weighted by molar-refractivity contribution is 0.112. The molecule has 3 rings (SSSR count). The average Bonchev–Trinajstić information content (AvgIpc) is 2.90. The molecule has 0 aromatic heterocycles. The first-order valence-electron chi connectivity index (χ1n) is 5.31. The van der Waals surface area contributed by atoms with Gasteiger partial charge in [0, 0.05) is 34.8 Å². The van der Waals surface area contributed by atoms with Crippen LogP contribution in [0.5, 0.6) is 0 Å². The standard InChI is InChI=1S/C12H13NOS/c14-7-9-3-1-2-4-12(9)13-6-11-5-10(13)8-15-11/h1-4,7,10-11H,5-6,8H2. The minimum absolute atomic E-state index is 0.654. The first-order valence-corrected chi connectivity index (χ1v) is 6.36. The molecular weight excluding hydrogens is 206 g/mol. The van der Waals surface area contributed by atoms with Crippen molar-refractivity contribution in [1.82, 2.24) is 0 Å². The summed E-state index contributed by atoms with van der Waals surface area (Å²) < 4.78 is 0. The number of para-hydroxylation sites is 1. The molecule has 3 heteroatoms. The highest BCUT2D eigenvalue weighted by atomic mass is 32.2. The van der Waals surface area contributed by atoms with Crippen LogP contribution in [0.4, 0.5) is 5.69 Å². The maximum absolute atomic E-state index is 11.0. The summed E-state index contributed by atoms with van der Waals surface area (Å²) in [6, 6.07) is 8.56. The normalized spacial score (nSPS) is 28.4. The van der Waals surface area contributed by atoms with E-state index in [1.807, 2.05) is 18.2 Å². The largest absolute Gasteiger partial charge is 0.366 e. The van der Waals surface area contributed by atoms with Crippen LogP contribution in [0.15, 0.2) is 24.3 Å². The molecular formula is C12H13NOS. The summed E-state index contributed by atoms with van der Waals surface area (Å²) in [6.45, 7) is 1.11. The molecule has 2 bridgehead atoms. The summed E-state index contributed by atoms with van der Waals surface area (Å²) in [7, 11) is 0. The van der Waals surface area contributed by atoms with E-state index in [2.05, 4.69) is 22.7 Å². The van der Waals surface area contributed by atoms with Crippen LogP contribution < -0.4 is 4.90 Å². The van der Waals surface area contributed by atoms with Crippen molar-refractivity contribution in [3.05, 3.63) is 29.8 Å². The number of nitrogens with zero attached hydrogens (tertiary/aromatic N) is 1. The molecule has 0 spiro atoms. The van der Waals surface area contributed by atoms with E-state index in [0.29, 0.717) is 6.04 Å². The Hall–Kier alpha value is -0.960. The van der Waals surface area contributed by atoms with Gasteiger partial charge in [0.15, 0.2) is 6.29 Å². The molecule has 0 radical (unpaired) electrons. The molecule has 0 saturated carbocycles. The van der Waals surface area contributed by atoms with Crippen molar-refractivity contribution in [1.29, 1.82) is 0 Å². The highest BCUT2D eigenvalue weighted by Crippen LogP contribution is 2.40. The molecule has 2 heterocycles. The van der Waals surface area contributed by atoms with Crippen LogP contribution in [-0.2, 0) is 0 Å². The van der Waals surface area contributed by atoms with Crippen LogP contribution in [-0.4, -0.2) is 29.9 Å². The van der Waals surface area contributed by atoms with Gasteiger partial charge >= 0.3 is 0 Å². The number of hydrogen-bond acceptors (Lipinski definition) is 3. The molecule has 0 N–H and O–H groups in total. The first kappa shape index (κ1) is 9.28. The molecule has 2 unspecified atom stereocenters. The second-order valence-electron chi connectivity index (χ2n) is 4.17. The Kier molecular flexibility index (Phi) is 2.20. The van der Waals surface area contributed by atoms with Gasteiger partial charge in [0.25, 0.3) is 0 Å². The van der Waals surface area contributed by atoms with Crippen molar-refractivity contribution in [2.24, 2.45) is 0 Å². The Morgan fingerprint density at radius 1 is 1.40 bits per heavy atom. The van der Waals surface area contributed by atoms with E-state index in [9.17, 15) is 4.79 Å². The molecule has 2 aliphatic heterocycles. The molecule has 2 saturated heterocycles. The predicted octanol–water partition coefficient (Wildman–Crippen LogP) is 2.19. The maximum Gasteiger partial charge on any atom is 0.152 e. The third kappa shape index (κ3) is 1.46. The maximum atomic E-state index is 11.0. The first-order chi connectivity index (χ1) is 7.38. The third-order valence-electron chi connectivity index (χ3n) is 3.27. The van der Waals surface area contributed by atoms with Gasteiger partial charge in [0.2, 0.25) is 0 Å². The van der Waals surface area contributed by atoms with Gasteiger partial charge in [-0.25, -0.2) is 0 Å². The number of thioether (sulfide) groups is 1. The van der Waals surface area contributed by atoms with Gasteiger partial charge < -0.3 is 4.90 Å². The molecule has 0 amide bonds. The second kappa shape index (κ2) is 3.56.